The van der Waals surface area contributed by atoms with Gasteiger partial charge >= 0.3 is 58.2 Å². The molecule has 1 atom stereocenters. The number of methoxy groups -OCH3 is 1. The van der Waals surface area contributed by atoms with Gasteiger partial charge in [0, 0.05) is 28.4 Å². The number of rotatable bonds is 8. The Hall–Kier alpha value is -2.36. The normalized spacial score (nSPS) is 11.3. The summed E-state index contributed by atoms with van der Waals surface area (Å²) in [5, 5.41) is 16.3. The van der Waals surface area contributed by atoms with Gasteiger partial charge in [-0.1, -0.05) is 18.2 Å². The van der Waals surface area contributed by atoms with Crippen molar-refractivity contribution in [2.75, 3.05) is 24.4 Å². The molecule has 34 heavy (non-hydrogen) atoms. The van der Waals surface area contributed by atoms with E-state index in [1.807, 2.05) is 42.5 Å². The minimum absolute atomic E-state index is 0. The zero-order valence-electron chi connectivity index (χ0n) is 19.0. The zero-order chi connectivity index (χ0) is 23.2. The average Bonchev–Trinajstić information content (AvgIpc) is 2.84. The summed E-state index contributed by atoms with van der Waals surface area (Å²) < 4.78 is 11.0. The molecule has 0 spiro atoms. The summed E-state index contributed by atoms with van der Waals surface area (Å²) in [6, 6.07) is 19.8. The Kier molecular flexibility index (Phi) is 9.55. The van der Waals surface area contributed by atoms with Crippen LogP contribution in [0.25, 0.3) is 10.9 Å². The van der Waals surface area contributed by atoms with Crippen LogP contribution in [0, 0.1) is 6.92 Å². The first-order valence-electron chi connectivity index (χ1n) is 10.2. The minimum atomic E-state index is -0.853. The van der Waals surface area contributed by atoms with E-state index in [-0.39, 0.29) is 70.7 Å². The van der Waals surface area contributed by atoms with Crippen LogP contribution < -0.4 is 78.3 Å². The maximum absolute atomic E-state index is 12.3. The second-order valence-electron chi connectivity index (χ2n) is 7.23. The van der Waals surface area contributed by atoms with E-state index in [4.69, 9.17) is 9.47 Å². The maximum atomic E-state index is 12.3. The largest absolute Gasteiger partial charge is 1.00 e. The number of nitrogens with one attached hydrogen (secondary N) is 2. The van der Waals surface area contributed by atoms with E-state index >= 15 is 0 Å². The Balaban J connectivity index is 0.00000324. The fourth-order valence-electron chi connectivity index (χ4n) is 3.19. The van der Waals surface area contributed by atoms with Gasteiger partial charge in [0.05, 0.1) is 19.2 Å². The molecule has 1 amide bonds. The van der Waals surface area contributed by atoms with Gasteiger partial charge in [0.25, 0.3) is 5.91 Å². The smallest absolute Gasteiger partial charge is 0.493 e. The third kappa shape index (κ3) is 6.61. The number of hydrogen-bond acceptors (Lipinski definition) is 7. The average molecular weight is 529 g/mol. The summed E-state index contributed by atoms with van der Waals surface area (Å²) >= 11 is 0. The van der Waals surface area contributed by atoms with Crippen LogP contribution in [-0.2, 0) is 0 Å². The van der Waals surface area contributed by atoms with Crippen LogP contribution in [-0.4, -0.2) is 40.8 Å². The standard InChI is InChI=1S/C25H23N4O4.Rb/c1-16(30)14-33-23-13-21-20(12-22(23)32-2)24(27-15-26-21)28-18-8-10-19(11-9-18)29-25(31)17-6-4-3-5-7-17;/h3-13,15-16,30H,1,14H2,2H3,(H,29,31)(H,26,27,28);/q-1;+1. The number of nitrogens with zero attached hydrogens (tertiary/aromatic N) is 2. The number of ether oxygens (including phenoxy) is 2. The molecule has 3 N–H and O–H groups in total. The molecule has 9 heteroatoms. The molecule has 0 saturated heterocycles. The van der Waals surface area contributed by atoms with Gasteiger partial charge in [-0.2, -0.15) is 0 Å². The van der Waals surface area contributed by atoms with E-state index in [1.165, 1.54) is 13.4 Å². The third-order valence-corrected chi connectivity index (χ3v) is 4.79. The van der Waals surface area contributed by atoms with Crippen molar-refractivity contribution in [1.82, 2.24) is 9.97 Å². The molecule has 0 saturated carbocycles. The first-order chi connectivity index (χ1) is 16.0. The van der Waals surface area contributed by atoms with Gasteiger partial charge in [-0.3, -0.25) is 4.79 Å². The van der Waals surface area contributed by atoms with Crippen molar-refractivity contribution >= 4 is 34.0 Å². The Morgan fingerprint density at radius 1 is 1.03 bits per heavy atom. The van der Waals surface area contributed by atoms with E-state index < -0.39 is 6.10 Å². The summed E-state index contributed by atoms with van der Waals surface area (Å²) in [4.78, 5) is 21.0. The van der Waals surface area contributed by atoms with Crippen molar-refractivity contribution in [3.63, 3.8) is 0 Å². The minimum Gasteiger partial charge on any atom is -0.493 e. The van der Waals surface area contributed by atoms with Crippen LogP contribution in [0.4, 0.5) is 17.2 Å². The molecular formula is C25H23N4O4Rb. The summed E-state index contributed by atoms with van der Waals surface area (Å²) in [6.07, 6.45) is 0.597. The van der Waals surface area contributed by atoms with Gasteiger partial charge < -0.3 is 32.1 Å². The second-order valence-corrected chi connectivity index (χ2v) is 7.23. The number of aliphatic hydroxyl groups excluding tert-OH is 1. The Morgan fingerprint density at radius 3 is 2.41 bits per heavy atom. The monoisotopic (exact) mass is 528 g/mol. The number of fused-ring (bicyclic) bond motifs is 1. The first kappa shape index (κ1) is 26.2. The molecule has 168 valence electrons. The van der Waals surface area contributed by atoms with Crippen molar-refractivity contribution in [3.8, 4) is 11.5 Å². The molecule has 0 aliphatic carbocycles. The molecule has 0 aliphatic heterocycles. The molecule has 0 bridgehead atoms. The molecule has 1 heterocycles. The van der Waals surface area contributed by atoms with E-state index in [0.29, 0.717) is 34.1 Å². The molecule has 4 aromatic rings. The van der Waals surface area contributed by atoms with Crippen molar-refractivity contribution in [2.45, 2.75) is 6.10 Å². The van der Waals surface area contributed by atoms with E-state index in [0.717, 1.165) is 11.1 Å². The number of aromatic nitrogens is 2. The number of hydrogen-bond donors (Lipinski definition) is 3. The molecule has 0 fully saturated rings. The van der Waals surface area contributed by atoms with Crippen molar-refractivity contribution in [1.29, 1.82) is 0 Å². The van der Waals surface area contributed by atoms with Gasteiger partial charge in [-0.15, -0.1) is 0 Å². The van der Waals surface area contributed by atoms with Gasteiger partial charge in [0.2, 0.25) is 0 Å². The first-order valence-corrected chi connectivity index (χ1v) is 10.2. The van der Waals surface area contributed by atoms with Crippen molar-refractivity contribution < 1.29 is 77.6 Å². The quantitative estimate of drug-likeness (QED) is 0.295. The molecular weight excluding hydrogens is 506 g/mol. The van der Waals surface area contributed by atoms with Crippen molar-refractivity contribution in [3.05, 3.63) is 85.5 Å². The van der Waals surface area contributed by atoms with E-state index in [2.05, 4.69) is 27.5 Å². The molecule has 1 aromatic heterocycles. The number of aliphatic hydroxyl groups is 1. The van der Waals surface area contributed by atoms with Crippen LogP contribution in [0.3, 0.4) is 0 Å². The summed E-state index contributed by atoms with van der Waals surface area (Å²) in [7, 11) is 1.54. The van der Waals surface area contributed by atoms with Crippen LogP contribution in [0.5, 0.6) is 11.5 Å². The van der Waals surface area contributed by atoms with Gasteiger partial charge in [-0.05, 0) is 48.6 Å². The van der Waals surface area contributed by atoms with Crippen LogP contribution >= 0.6 is 0 Å². The predicted molar refractivity (Wildman–Crippen MR) is 127 cm³/mol. The Morgan fingerprint density at radius 2 is 1.74 bits per heavy atom. The van der Waals surface area contributed by atoms with E-state index in [1.54, 1.807) is 24.3 Å². The summed E-state index contributed by atoms with van der Waals surface area (Å²) in [5.41, 5.74) is 2.70. The number of carbonyl (C=O) groups excluding carboxylic acids is 1. The number of anilines is 3. The van der Waals surface area contributed by atoms with Crippen LogP contribution in [0.2, 0.25) is 0 Å². The zero-order valence-corrected chi connectivity index (χ0v) is 23.9. The molecule has 8 nitrogen and oxygen atoms in total. The number of benzene rings is 3. The molecule has 3 aromatic carbocycles. The van der Waals surface area contributed by atoms with Gasteiger partial charge in [-0.25, -0.2) is 9.97 Å². The predicted octanol–water partition coefficient (Wildman–Crippen LogP) is 1.21. The summed E-state index contributed by atoms with van der Waals surface area (Å²) in [5.74, 6) is 1.36. The Labute approximate surface area is 246 Å². The summed E-state index contributed by atoms with van der Waals surface area (Å²) in [6.45, 7) is 3.53. The molecule has 1 unspecified atom stereocenters. The van der Waals surface area contributed by atoms with Crippen LogP contribution in [0.15, 0.2) is 73.1 Å². The molecule has 0 radical (unpaired) electrons. The third-order valence-electron chi connectivity index (χ3n) is 4.79. The SMILES string of the molecule is [CH2-]C(O)COc1cc2ncnc(Nc3ccc(NC(=O)c4ccccc4)cc3)c2cc1OC.[Rb+]. The number of amides is 1. The topological polar surface area (TPSA) is 106 Å². The maximum Gasteiger partial charge on any atom is 1.00 e. The number of carbonyl (C=O) groups is 1. The van der Waals surface area contributed by atoms with E-state index in [9.17, 15) is 9.90 Å². The van der Waals surface area contributed by atoms with Crippen LogP contribution in [0.1, 0.15) is 10.4 Å². The molecule has 0 aliphatic rings. The van der Waals surface area contributed by atoms with Gasteiger partial charge in [0.15, 0.2) is 11.5 Å². The fourth-order valence-corrected chi connectivity index (χ4v) is 3.19. The fraction of sp³-hybridized carbons (Fsp3) is 0.120. The van der Waals surface area contributed by atoms with Crippen molar-refractivity contribution in [2.24, 2.45) is 0 Å². The second kappa shape index (κ2) is 12.4. The Bertz CT molecular complexity index is 1250. The van der Waals surface area contributed by atoms with Gasteiger partial charge in [0.1, 0.15) is 12.1 Å². The molecule has 4 rings (SSSR count).